The molecular weight excluding hydrogens is 493 g/mol. The van der Waals surface area contributed by atoms with E-state index < -0.39 is 21.6 Å². The Labute approximate surface area is 217 Å². The summed E-state index contributed by atoms with van der Waals surface area (Å²) in [4.78, 5) is 10.4. The van der Waals surface area contributed by atoms with Gasteiger partial charge in [0.25, 0.3) is 0 Å². The lowest BCUT2D eigenvalue weighted by Crippen LogP contribution is -2.57. The van der Waals surface area contributed by atoms with Crippen molar-refractivity contribution in [2.24, 2.45) is 0 Å². The Morgan fingerprint density at radius 1 is 1.11 bits per heavy atom. The number of nitrogens with zero attached hydrogens (tertiary/aromatic N) is 5. The largest absolute Gasteiger partial charge is 0.491 e. The molecule has 2 aliphatic heterocycles. The lowest BCUT2D eigenvalue weighted by molar-refractivity contribution is 0.107. The van der Waals surface area contributed by atoms with Crippen molar-refractivity contribution < 1.29 is 17.5 Å². The SMILES string of the molecule is CC(C)Oc1cccc(CN2CC[C@@]3(C[C@@H]2C)CN(c2cncnc2)S(=O)(=O)N3c2cccc(F)c2)c1. The van der Waals surface area contributed by atoms with Crippen LogP contribution in [-0.2, 0) is 16.8 Å². The maximum absolute atomic E-state index is 14.3. The van der Waals surface area contributed by atoms with Crippen LogP contribution in [-0.4, -0.2) is 54.1 Å². The van der Waals surface area contributed by atoms with Crippen molar-refractivity contribution in [3.8, 4) is 5.75 Å². The van der Waals surface area contributed by atoms with Gasteiger partial charge in [-0.25, -0.2) is 23.0 Å². The smallest absolute Gasteiger partial charge is 0.327 e. The van der Waals surface area contributed by atoms with E-state index in [0.717, 1.165) is 17.9 Å². The van der Waals surface area contributed by atoms with Gasteiger partial charge in [-0.3, -0.25) is 4.90 Å². The van der Waals surface area contributed by atoms with Crippen molar-refractivity contribution in [1.29, 1.82) is 0 Å². The van der Waals surface area contributed by atoms with E-state index in [-0.39, 0.29) is 18.7 Å². The highest BCUT2D eigenvalue weighted by atomic mass is 32.2. The Morgan fingerprint density at radius 2 is 1.86 bits per heavy atom. The maximum Gasteiger partial charge on any atom is 0.327 e. The van der Waals surface area contributed by atoms with E-state index >= 15 is 0 Å². The summed E-state index contributed by atoms with van der Waals surface area (Å²) < 4.78 is 50.8. The second-order valence-electron chi connectivity index (χ2n) is 10.2. The zero-order chi connectivity index (χ0) is 26.2. The van der Waals surface area contributed by atoms with Gasteiger partial charge < -0.3 is 4.74 Å². The topological polar surface area (TPSA) is 78.9 Å². The van der Waals surface area contributed by atoms with E-state index in [1.165, 1.54) is 39.5 Å². The zero-order valence-corrected chi connectivity index (χ0v) is 22.1. The van der Waals surface area contributed by atoms with E-state index in [1.54, 1.807) is 12.1 Å². The van der Waals surface area contributed by atoms with Crippen LogP contribution in [0.2, 0.25) is 0 Å². The third kappa shape index (κ3) is 5.00. The molecule has 0 bridgehead atoms. The first kappa shape index (κ1) is 25.4. The van der Waals surface area contributed by atoms with Gasteiger partial charge in [-0.05, 0) is 69.5 Å². The normalized spacial score (nSPS) is 23.6. The highest BCUT2D eigenvalue weighted by molar-refractivity contribution is 7.94. The van der Waals surface area contributed by atoms with Crippen LogP contribution < -0.4 is 13.3 Å². The molecule has 3 heterocycles. The number of anilines is 2. The molecule has 3 aromatic rings. The van der Waals surface area contributed by atoms with Gasteiger partial charge in [-0.15, -0.1) is 0 Å². The van der Waals surface area contributed by atoms with E-state index in [9.17, 15) is 12.8 Å². The maximum atomic E-state index is 14.3. The predicted molar refractivity (Wildman–Crippen MR) is 141 cm³/mol. The Bertz CT molecular complexity index is 1360. The summed E-state index contributed by atoms with van der Waals surface area (Å²) in [5.74, 6) is 0.367. The second-order valence-corrected chi connectivity index (χ2v) is 11.9. The van der Waals surface area contributed by atoms with E-state index in [2.05, 4.69) is 33.9 Å². The first-order valence-corrected chi connectivity index (χ1v) is 13.9. The van der Waals surface area contributed by atoms with Crippen molar-refractivity contribution >= 4 is 21.6 Å². The molecule has 2 saturated heterocycles. The van der Waals surface area contributed by atoms with Crippen LogP contribution in [0.4, 0.5) is 15.8 Å². The zero-order valence-electron chi connectivity index (χ0n) is 21.3. The van der Waals surface area contributed by atoms with Crippen molar-refractivity contribution in [2.45, 2.75) is 57.8 Å². The molecule has 0 saturated carbocycles. The van der Waals surface area contributed by atoms with Gasteiger partial charge in [-0.2, -0.15) is 8.42 Å². The molecule has 2 aliphatic rings. The van der Waals surface area contributed by atoms with Gasteiger partial charge in [0.05, 0.1) is 42.0 Å². The van der Waals surface area contributed by atoms with Crippen LogP contribution in [0.1, 0.15) is 39.2 Å². The van der Waals surface area contributed by atoms with Gasteiger partial charge in [0, 0.05) is 19.1 Å². The molecule has 0 aliphatic carbocycles. The highest BCUT2D eigenvalue weighted by Crippen LogP contribution is 2.46. The van der Waals surface area contributed by atoms with Crippen molar-refractivity contribution in [2.75, 3.05) is 21.7 Å². The van der Waals surface area contributed by atoms with E-state index in [4.69, 9.17) is 4.74 Å². The van der Waals surface area contributed by atoms with Gasteiger partial charge in [0.15, 0.2) is 0 Å². The summed E-state index contributed by atoms with van der Waals surface area (Å²) in [7, 11) is -3.99. The lowest BCUT2D eigenvalue weighted by Gasteiger charge is -2.46. The van der Waals surface area contributed by atoms with Gasteiger partial charge in [-0.1, -0.05) is 18.2 Å². The molecule has 0 amide bonds. The summed E-state index contributed by atoms with van der Waals surface area (Å²) in [5.41, 5.74) is 1.14. The third-order valence-corrected chi connectivity index (χ3v) is 9.03. The number of benzene rings is 2. The minimum absolute atomic E-state index is 0.0849. The Kier molecular flexibility index (Phi) is 6.80. The molecule has 10 heteroatoms. The first-order chi connectivity index (χ1) is 17.7. The summed E-state index contributed by atoms with van der Waals surface area (Å²) in [5, 5.41) is 0. The second kappa shape index (κ2) is 9.90. The fourth-order valence-corrected chi connectivity index (χ4v) is 7.60. The van der Waals surface area contributed by atoms with E-state index in [0.29, 0.717) is 30.8 Å². The third-order valence-electron chi connectivity index (χ3n) is 7.07. The van der Waals surface area contributed by atoms with E-state index in [1.807, 2.05) is 26.0 Å². The molecule has 0 radical (unpaired) electrons. The van der Waals surface area contributed by atoms with Gasteiger partial charge in [0.1, 0.15) is 17.9 Å². The lowest BCUT2D eigenvalue weighted by atomic mass is 9.82. The van der Waals surface area contributed by atoms with Crippen LogP contribution >= 0.6 is 0 Å². The van der Waals surface area contributed by atoms with Crippen molar-refractivity contribution in [1.82, 2.24) is 14.9 Å². The minimum atomic E-state index is -3.99. The molecule has 2 fully saturated rings. The van der Waals surface area contributed by atoms with Crippen LogP contribution in [0.25, 0.3) is 0 Å². The summed E-state index contributed by atoms with van der Waals surface area (Å²) in [6.45, 7) is 7.80. The number of piperidine rings is 1. The number of hydrogen-bond acceptors (Lipinski definition) is 6. The monoisotopic (exact) mass is 525 g/mol. The van der Waals surface area contributed by atoms with Gasteiger partial charge in [0.2, 0.25) is 0 Å². The number of rotatable bonds is 6. The van der Waals surface area contributed by atoms with Crippen LogP contribution in [0.15, 0.2) is 67.3 Å². The molecule has 8 nitrogen and oxygen atoms in total. The van der Waals surface area contributed by atoms with Crippen LogP contribution in [0, 0.1) is 5.82 Å². The molecule has 5 rings (SSSR count). The summed E-state index contributed by atoms with van der Waals surface area (Å²) in [6, 6.07) is 14.0. The molecule has 0 N–H and O–H groups in total. The van der Waals surface area contributed by atoms with Crippen molar-refractivity contribution in [3.63, 3.8) is 0 Å². The Balaban J connectivity index is 1.45. The average Bonchev–Trinajstić information content (AvgIpc) is 3.07. The molecule has 2 atom stereocenters. The fraction of sp³-hybridized carbons (Fsp3) is 0.407. The molecule has 1 aromatic heterocycles. The number of hydrogen-bond donors (Lipinski definition) is 0. The number of likely N-dealkylation sites (tertiary alicyclic amines) is 1. The number of aromatic nitrogens is 2. The molecule has 0 unspecified atom stereocenters. The highest BCUT2D eigenvalue weighted by Gasteiger charge is 2.57. The predicted octanol–water partition coefficient (Wildman–Crippen LogP) is 4.40. The first-order valence-electron chi connectivity index (χ1n) is 12.5. The molecule has 196 valence electrons. The molecule has 1 spiro atoms. The van der Waals surface area contributed by atoms with Crippen LogP contribution in [0.3, 0.4) is 0 Å². The Hall–Kier alpha value is -3.24. The molecular formula is C27H32FN5O3S. The van der Waals surface area contributed by atoms with Gasteiger partial charge >= 0.3 is 10.2 Å². The standard InChI is InChI=1S/C27H32FN5O3S/c1-20(2)36-26-9-4-6-22(12-26)17-31-11-10-27(14-21(31)3)18-32(25-15-29-19-30-16-25)37(34,35)33(27)24-8-5-7-23(28)13-24/h4-9,12-13,15-16,19-21H,10-11,14,17-18H2,1-3H3/t21-,27+/m0/s1. The minimum Gasteiger partial charge on any atom is -0.491 e. The average molecular weight is 526 g/mol. The number of halogens is 1. The molecule has 37 heavy (non-hydrogen) atoms. The Morgan fingerprint density at radius 3 is 2.57 bits per heavy atom. The molecule has 2 aromatic carbocycles. The van der Waals surface area contributed by atoms with Crippen molar-refractivity contribution in [3.05, 3.63) is 78.6 Å². The summed E-state index contributed by atoms with van der Waals surface area (Å²) >= 11 is 0. The quantitative estimate of drug-likeness (QED) is 0.475. The number of ether oxygens (including phenoxy) is 1. The summed E-state index contributed by atoms with van der Waals surface area (Å²) in [6.07, 6.45) is 5.65. The fourth-order valence-electron chi connectivity index (χ4n) is 5.55. The van der Waals surface area contributed by atoms with Crippen LogP contribution in [0.5, 0.6) is 5.75 Å².